The Kier molecular flexibility index (Phi) is 6.45. The van der Waals surface area contributed by atoms with Crippen LogP contribution in [0.2, 0.25) is 0 Å². The van der Waals surface area contributed by atoms with E-state index >= 15 is 0 Å². The number of primary amides is 1. The summed E-state index contributed by atoms with van der Waals surface area (Å²) in [5, 5.41) is 7.73. The van der Waals surface area contributed by atoms with Gasteiger partial charge in [0.2, 0.25) is 5.91 Å². The summed E-state index contributed by atoms with van der Waals surface area (Å²) in [6, 6.07) is 24.2. The molecule has 0 atom stereocenters. The van der Waals surface area contributed by atoms with Gasteiger partial charge in [0.15, 0.2) is 0 Å². The normalized spacial score (nSPS) is 10.9. The molecule has 0 saturated heterocycles. The van der Waals surface area contributed by atoms with Gasteiger partial charge in [0.25, 0.3) is 0 Å². The van der Waals surface area contributed by atoms with Crippen LogP contribution in [0.1, 0.15) is 39.7 Å². The number of hydrogen-bond donors (Lipinski definition) is 3. The van der Waals surface area contributed by atoms with Crippen LogP contribution in [-0.4, -0.2) is 20.9 Å². The first-order chi connectivity index (χ1) is 16.4. The summed E-state index contributed by atoms with van der Waals surface area (Å²) in [6.45, 7) is 2.69. The van der Waals surface area contributed by atoms with Crippen molar-refractivity contribution in [3.8, 4) is 11.3 Å². The Bertz CT molecular complexity index is 1420. The molecule has 0 spiro atoms. The van der Waals surface area contributed by atoms with Gasteiger partial charge in [-0.15, -0.1) is 0 Å². The minimum absolute atomic E-state index is 0.0122. The molecule has 4 aromatic rings. The molecule has 7 heteroatoms. The highest BCUT2D eigenvalue weighted by Gasteiger charge is 2.21. The zero-order valence-corrected chi connectivity index (χ0v) is 19.0. The van der Waals surface area contributed by atoms with Crippen LogP contribution in [0.25, 0.3) is 11.3 Å². The largest absolute Gasteiger partial charge is 0.384 e. The Morgan fingerprint density at radius 2 is 1.41 bits per heavy atom. The average Bonchev–Trinajstić information content (AvgIpc) is 3.10. The average molecular weight is 454 g/mol. The number of benzene rings is 3. The third-order valence-corrected chi connectivity index (χ3v) is 5.84. The smallest absolute Gasteiger partial charge is 0.329 e. The van der Waals surface area contributed by atoms with E-state index < -0.39 is 5.91 Å². The molecule has 5 N–H and O–H groups in total. The molecule has 1 amide bonds. The van der Waals surface area contributed by atoms with Crippen LogP contribution in [0.3, 0.4) is 0 Å². The van der Waals surface area contributed by atoms with Crippen molar-refractivity contribution in [2.45, 2.75) is 26.4 Å². The highest BCUT2D eigenvalue weighted by Crippen LogP contribution is 2.25. The van der Waals surface area contributed by atoms with Gasteiger partial charge >= 0.3 is 5.69 Å². The number of hydrogen-bond acceptors (Lipinski definition) is 3. The van der Waals surface area contributed by atoms with Crippen molar-refractivity contribution in [1.29, 1.82) is 5.41 Å². The molecule has 0 saturated carbocycles. The van der Waals surface area contributed by atoms with Gasteiger partial charge in [0, 0.05) is 22.4 Å². The van der Waals surface area contributed by atoms with Crippen molar-refractivity contribution in [2.24, 2.45) is 11.5 Å². The van der Waals surface area contributed by atoms with E-state index in [9.17, 15) is 9.59 Å². The van der Waals surface area contributed by atoms with Crippen molar-refractivity contribution in [2.75, 3.05) is 0 Å². The topological polar surface area (TPSA) is 120 Å². The summed E-state index contributed by atoms with van der Waals surface area (Å²) in [4.78, 5) is 25.4. The fourth-order valence-corrected chi connectivity index (χ4v) is 4.25. The number of carbonyl (C=O) groups is 1. The quantitative estimate of drug-likeness (QED) is 0.280. The lowest BCUT2D eigenvalue weighted by atomic mass is 10.1. The molecule has 3 aromatic carbocycles. The number of nitrogens with zero attached hydrogens (tertiary/aromatic N) is 2. The first kappa shape index (κ1) is 22.8. The van der Waals surface area contributed by atoms with Crippen molar-refractivity contribution in [1.82, 2.24) is 9.13 Å². The van der Waals surface area contributed by atoms with Crippen LogP contribution in [0.4, 0.5) is 0 Å². The maximum absolute atomic E-state index is 13.8. The summed E-state index contributed by atoms with van der Waals surface area (Å²) in [6.07, 6.45) is 0.653. The van der Waals surface area contributed by atoms with E-state index in [0.29, 0.717) is 30.6 Å². The van der Waals surface area contributed by atoms with Gasteiger partial charge in [0.1, 0.15) is 5.84 Å². The second-order valence-electron chi connectivity index (χ2n) is 8.15. The van der Waals surface area contributed by atoms with Gasteiger partial charge in [-0.2, -0.15) is 0 Å². The molecule has 0 aliphatic carbocycles. The highest BCUT2D eigenvalue weighted by atomic mass is 16.2. The van der Waals surface area contributed by atoms with Crippen LogP contribution in [-0.2, 0) is 19.5 Å². The molecule has 0 bridgehead atoms. The summed E-state index contributed by atoms with van der Waals surface area (Å²) >= 11 is 0. The van der Waals surface area contributed by atoms with Crippen LogP contribution in [0.5, 0.6) is 0 Å². The SMILES string of the molecule is CCc1c(-c2ccccc2)n(Cc2cccc(C(N)=O)c2)c(=O)n1Cc1cccc(C(=N)N)c1. The zero-order chi connectivity index (χ0) is 24.2. The molecule has 4 rings (SSSR count). The summed E-state index contributed by atoms with van der Waals surface area (Å²) in [7, 11) is 0. The maximum atomic E-state index is 13.8. The van der Waals surface area contributed by atoms with Crippen molar-refractivity contribution in [3.63, 3.8) is 0 Å². The van der Waals surface area contributed by atoms with Gasteiger partial charge in [0.05, 0.1) is 18.8 Å². The lowest BCUT2D eigenvalue weighted by Gasteiger charge is -2.11. The van der Waals surface area contributed by atoms with Crippen molar-refractivity contribution < 1.29 is 4.79 Å². The minimum atomic E-state index is -0.505. The number of nitrogens with two attached hydrogens (primary N) is 2. The number of rotatable bonds is 8. The predicted octanol–water partition coefficient (Wildman–Crippen LogP) is 3.36. The van der Waals surface area contributed by atoms with Gasteiger partial charge in [-0.05, 0) is 35.7 Å². The Morgan fingerprint density at radius 3 is 2.00 bits per heavy atom. The summed E-state index contributed by atoms with van der Waals surface area (Å²) in [5.41, 5.74) is 16.4. The van der Waals surface area contributed by atoms with Crippen LogP contribution in [0, 0.1) is 5.41 Å². The van der Waals surface area contributed by atoms with E-state index in [1.807, 2.05) is 61.5 Å². The zero-order valence-electron chi connectivity index (χ0n) is 19.0. The Balaban J connectivity index is 1.87. The number of nitrogens with one attached hydrogen (secondary N) is 1. The second kappa shape index (κ2) is 9.62. The molecule has 1 aromatic heterocycles. The van der Waals surface area contributed by atoms with Crippen molar-refractivity contribution >= 4 is 11.7 Å². The Morgan fingerprint density at radius 1 is 0.824 bits per heavy atom. The number of aromatic nitrogens is 2. The number of nitrogen functional groups attached to an aromatic ring is 1. The van der Waals surface area contributed by atoms with Gasteiger partial charge in [-0.25, -0.2) is 4.79 Å². The van der Waals surface area contributed by atoms with E-state index in [0.717, 1.165) is 28.1 Å². The van der Waals surface area contributed by atoms with E-state index in [4.69, 9.17) is 16.9 Å². The molecule has 0 aliphatic heterocycles. The fraction of sp³-hybridized carbons (Fsp3) is 0.148. The molecule has 172 valence electrons. The molecular weight excluding hydrogens is 426 g/mol. The molecule has 0 unspecified atom stereocenters. The number of amidine groups is 1. The standard InChI is InChI=1S/C27H27N5O2/c1-2-23-24(20-10-4-3-5-11-20)32(17-19-9-7-13-22(15-19)26(30)33)27(34)31(23)16-18-8-6-12-21(14-18)25(28)29/h3-15H,2,16-17H2,1H3,(H3,28,29)(H2,30,33). The van der Waals surface area contributed by atoms with E-state index in [1.165, 1.54) is 0 Å². The number of amides is 1. The Labute approximate surface area is 197 Å². The number of carbonyl (C=O) groups excluding carboxylic acids is 1. The van der Waals surface area contributed by atoms with Gasteiger partial charge < -0.3 is 11.5 Å². The van der Waals surface area contributed by atoms with E-state index in [1.54, 1.807) is 33.4 Å². The third kappa shape index (κ3) is 4.54. The molecule has 1 heterocycles. The van der Waals surface area contributed by atoms with E-state index in [2.05, 4.69) is 0 Å². The van der Waals surface area contributed by atoms with E-state index in [-0.39, 0.29) is 11.5 Å². The number of imidazole rings is 1. The molecule has 0 radical (unpaired) electrons. The minimum Gasteiger partial charge on any atom is -0.384 e. The van der Waals surface area contributed by atoms with Crippen LogP contribution in [0.15, 0.2) is 83.7 Å². The highest BCUT2D eigenvalue weighted by molar-refractivity contribution is 5.95. The van der Waals surface area contributed by atoms with Crippen molar-refractivity contribution in [3.05, 3.63) is 117 Å². The Hall–Kier alpha value is -4.39. The van der Waals surface area contributed by atoms with Crippen LogP contribution < -0.4 is 17.2 Å². The molecule has 0 fully saturated rings. The molecular formula is C27H27N5O2. The van der Waals surface area contributed by atoms with Gasteiger partial charge in [-0.3, -0.25) is 19.3 Å². The van der Waals surface area contributed by atoms with Crippen LogP contribution >= 0.6 is 0 Å². The first-order valence-electron chi connectivity index (χ1n) is 11.1. The monoisotopic (exact) mass is 453 g/mol. The lowest BCUT2D eigenvalue weighted by molar-refractivity contribution is 0.1000. The lowest BCUT2D eigenvalue weighted by Crippen LogP contribution is -2.26. The summed E-state index contributed by atoms with van der Waals surface area (Å²) in [5.74, 6) is -0.517. The molecule has 7 nitrogen and oxygen atoms in total. The second-order valence-corrected chi connectivity index (χ2v) is 8.15. The fourth-order valence-electron chi connectivity index (χ4n) is 4.25. The maximum Gasteiger partial charge on any atom is 0.329 e. The predicted molar refractivity (Wildman–Crippen MR) is 134 cm³/mol. The molecule has 34 heavy (non-hydrogen) atoms. The third-order valence-electron chi connectivity index (χ3n) is 5.84. The summed E-state index contributed by atoms with van der Waals surface area (Å²) < 4.78 is 3.53. The van der Waals surface area contributed by atoms with Gasteiger partial charge in [-0.1, -0.05) is 67.6 Å². The molecule has 0 aliphatic rings. The first-order valence-corrected chi connectivity index (χ1v) is 11.1.